The molecule has 0 radical (unpaired) electrons. The lowest BCUT2D eigenvalue weighted by Crippen LogP contribution is -2.31. The molecule has 6 nitrogen and oxygen atoms in total. The average molecular weight is 351 g/mol. The summed E-state index contributed by atoms with van der Waals surface area (Å²) in [5.41, 5.74) is 7.99. The number of hydrogen-bond donors (Lipinski definition) is 1. The van der Waals surface area contributed by atoms with Crippen molar-refractivity contribution in [3.8, 4) is 0 Å². The van der Waals surface area contributed by atoms with Gasteiger partial charge in [-0.3, -0.25) is 4.79 Å². The third-order valence-corrected chi connectivity index (χ3v) is 4.26. The Hall–Kier alpha value is -2.08. The van der Waals surface area contributed by atoms with Crippen molar-refractivity contribution in [2.75, 3.05) is 12.3 Å². The average Bonchev–Trinajstić information content (AvgIpc) is 3.16. The molecule has 1 aliphatic rings. The van der Waals surface area contributed by atoms with E-state index in [-0.39, 0.29) is 30.3 Å². The number of nitrogen functional groups attached to an aromatic ring is 1. The minimum atomic E-state index is -0.125. The highest BCUT2D eigenvalue weighted by molar-refractivity contribution is 5.96. The van der Waals surface area contributed by atoms with Gasteiger partial charge in [0.2, 0.25) is 5.89 Å². The van der Waals surface area contributed by atoms with Crippen LogP contribution in [0, 0.1) is 6.92 Å². The molecule has 24 heavy (non-hydrogen) atoms. The van der Waals surface area contributed by atoms with E-state index in [1.165, 1.54) is 0 Å². The fourth-order valence-electron chi connectivity index (χ4n) is 2.92. The molecule has 1 aromatic carbocycles. The first kappa shape index (κ1) is 18.3. The van der Waals surface area contributed by atoms with Crippen molar-refractivity contribution < 1.29 is 9.32 Å². The number of anilines is 1. The van der Waals surface area contributed by atoms with Crippen LogP contribution in [0.15, 0.2) is 22.7 Å². The lowest BCUT2D eigenvalue weighted by atomic mass is 10.1. The van der Waals surface area contributed by atoms with Gasteiger partial charge < -0.3 is 15.2 Å². The van der Waals surface area contributed by atoms with Gasteiger partial charge in [0.1, 0.15) is 0 Å². The first-order chi connectivity index (χ1) is 11.0. The Kier molecular flexibility index (Phi) is 5.49. The number of amides is 1. The van der Waals surface area contributed by atoms with E-state index >= 15 is 0 Å². The highest BCUT2D eigenvalue weighted by Crippen LogP contribution is 2.32. The number of hydrogen-bond acceptors (Lipinski definition) is 5. The van der Waals surface area contributed by atoms with Crippen LogP contribution in [0.25, 0.3) is 0 Å². The van der Waals surface area contributed by atoms with E-state index in [1.54, 1.807) is 6.07 Å². The van der Waals surface area contributed by atoms with Gasteiger partial charge >= 0.3 is 0 Å². The van der Waals surface area contributed by atoms with Gasteiger partial charge in [0.25, 0.3) is 5.91 Å². The van der Waals surface area contributed by atoms with Gasteiger partial charge in [0.05, 0.1) is 6.04 Å². The zero-order valence-electron chi connectivity index (χ0n) is 14.2. The molecular formula is C17H23ClN4O2. The normalized spacial score (nSPS) is 17.2. The van der Waals surface area contributed by atoms with Crippen molar-refractivity contribution in [1.29, 1.82) is 0 Å². The lowest BCUT2D eigenvalue weighted by molar-refractivity contribution is 0.0727. The topological polar surface area (TPSA) is 85.3 Å². The summed E-state index contributed by atoms with van der Waals surface area (Å²) in [7, 11) is 0. The second-order valence-electron chi connectivity index (χ2n) is 6.38. The highest BCUT2D eigenvalue weighted by Gasteiger charge is 2.34. The van der Waals surface area contributed by atoms with E-state index in [2.05, 4.69) is 10.1 Å². The van der Waals surface area contributed by atoms with Crippen molar-refractivity contribution in [3.63, 3.8) is 0 Å². The van der Waals surface area contributed by atoms with Gasteiger partial charge in [-0.25, -0.2) is 0 Å². The summed E-state index contributed by atoms with van der Waals surface area (Å²) in [6.45, 7) is 6.63. The SMILES string of the molecule is Cc1ccc(N)cc1C(=O)N1CCCC1c1noc(C(C)C)n1.Cl. The number of aromatic nitrogens is 2. The van der Waals surface area contributed by atoms with Crippen molar-refractivity contribution in [1.82, 2.24) is 15.0 Å². The molecule has 1 amide bonds. The molecule has 7 heteroatoms. The second kappa shape index (κ2) is 7.21. The number of likely N-dealkylation sites (tertiary alicyclic amines) is 1. The van der Waals surface area contributed by atoms with Crippen LogP contribution in [-0.2, 0) is 0 Å². The minimum absolute atomic E-state index is 0. The van der Waals surface area contributed by atoms with Crippen LogP contribution in [-0.4, -0.2) is 27.5 Å². The van der Waals surface area contributed by atoms with Gasteiger partial charge in [-0.15, -0.1) is 12.4 Å². The van der Waals surface area contributed by atoms with E-state index in [1.807, 2.05) is 37.8 Å². The van der Waals surface area contributed by atoms with Crippen LogP contribution >= 0.6 is 12.4 Å². The Labute approximate surface area is 147 Å². The van der Waals surface area contributed by atoms with E-state index in [9.17, 15) is 4.79 Å². The van der Waals surface area contributed by atoms with Crippen LogP contribution in [0.4, 0.5) is 5.69 Å². The van der Waals surface area contributed by atoms with Crippen molar-refractivity contribution in [2.24, 2.45) is 0 Å². The summed E-state index contributed by atoms with van der Waals surface area (Å²) in [4.78, 5) is 19.2. The molecule has 0 spiro atoms. The number of rotatable bonds is 3. The largest absolute Gasteiger partial charge is 0.399 e. The molecule has 0 saturated carbocycles. The summed E-state index contributed by atoms with van der Waals surface area (Å²) in [6.07, 6.45) is 1.79. The fourth-order valence-corrected chi connectivity index (χ4v) is 2.92. The van der Waals surface area contributed by atoms with Crippen molar-refractivity contribution in [2.45, 2.75) is 45.6 Å². The maximum atomic E-state index is 12.9. The van der Waals surface area contributed by atoms with E-state index in [0.29, 0.717) is 29.5 Å². The summed E-state index contributed by atoms with van der Waals surface area (Å²) < 4.78 is 5.30. The van der Waals surface area contributed by atoms with Gasteiger partial charge in [-0.05, 0) is 37.5 Å². The smallest absolute Gasteiger partial charge is 0.254 e. The third-order valence-electron chi connectivity index (χ3n) is 4.26. The molecule has 2 heterocycles. The number of nitrogens with zero attached hydrogens (tertiary/aromatic N) is 3. The summed E-state index contributed by atoms with van der Waals surface area (Å²) >= 11 is 0. The standard InChI is InChI=1S/C17H22N4O2.ClH/c1-10(2)16-19-15(20-23-16)14-5-4-8-21(14)17(22)13-9-12(18)7-6-11(13)3;/h6-7,9-10,14H,4-5,8,18H2,1-3H3;1H. The molecule has 1 aromatic heterocycles. The van der Waals surface area contributed by atoms with E-state index in [4.69, 9.17) is 10.3 Å². The number of aryl methyl sites for hydroxylation is 1. The number of nitrogens with two attached hydrogens (primary N) is 1. The van der Waals surface area contributed by atoms with Gasteiger partial charge in [0, 0.05) is 23.7 Å². The zero-order chi connectivity index (χ0) is 16.6. The number of halogens is 1. The third kappa shape index (κ3) is 3.38. The van der Waals surface area contributed by atoms with E-state index in [0.717, 1.165) is 18.4 Å². The molecular weight excluding hydrogens is 328 g/mol. The minimum Gasteiger partial charge on any atom is -0.399 e. The lowest BCUT2D eigenvalue weighted by Gasteiger charge is -2.23. The van der Waals surface area contributed by atoms with Crippen LogP contribution in [0.2, 0.25) is 0 Å². The Morgan fingerprint density at radius 1 is 1.42 bits per heavy atom. The number of carbonyl (C=O) groups excluding carboxylic acids is 1. The molecule has 130 valence electrons. The highest BCUT2D eigenvalue weighted by atomic mass is 35.5. The van der Waals surface area contributed by atoms with Crippen molar-refractivity contribution >= 4 is 24.0 Å². The maximum absolute atomic E-state index is 12.9. The maximum Gasteiger partial charge on any atom is 0.254 e. The molecule has 1 atom stereocenters. The first-order valence-corrected chi connectivity index (χ1v) is 7.98. The Morgan fingerprint density at radius 3 is 2.83 bits per heavy atom. The number of benzene rings is 1. The zero-order valence-corrected chi connectivity index (χ0v) is 15.0. The molecule has 2 N–H and O–H groups in total. The molecule has 1 saturated heterocycles. The van der Waals surface area contributed by atoms with Gasteiger partial charge in [0.15, 0.2) is 5.82 Å². The fraction of sp³-hybridized carbons (Fsp3) is 0.471. The van der Waals surface area contributed by atoms with E-state index < -0.39 is 0 Å². The molecule has 0 aliphatic carbocycles. The van der Waals surface area contributed by atoms with Gasteiger partial charge in [-0.2, -0.15) is 4.98 Å². The second-order valence-corrected chi connectivity index (χ2v) is 6.38. The van der Waals surface area contributed by atoms with Crippen molar-refractivity contribution in [3.05, 3.63) is 41.0 Å². The molecule has 3 rings (SSSR count). The number of carbonyl (C=O) groups is 1. The monoisotopic (exact) mass is 350 g/mol. The molecule has 1 fully saturated rings. The van der Waals surface area contributed by atoms with Crippen LogP contribution in [0.3, 0.4) is 0 Å². The quantitative estimate of drug-likeness (QED) is 0.856. The molecule has 1 aliphatic heterocycles. The Morgan fingerprint density at radius 2 is 2.17 bits per heavy atom. The Balaban J connectivity index is 0.00000208. The molecule has 1 unspecified atom stereocenters. The van der Waals surface area contributed by atoms with Gasteiger partial charge in [-0.1, -0.05) is 25.1 Å². The predicted octanol–water partition coefficient (Wildman–Crippen LogP) is 3.48. The Bertz CT molecular complexity index is 729. The predicted molar refractivity (Wildman–Crippen MR) is 94.2 cm³/mol. The molecule has 0 bridgehead atoms. The summed E-state index contributed by atoms with van der Waals surface area (Å²) in [5.74, 6) is 1.37. The molecule has 2 aromatic rings. The summed E-state index contributed by atoms with van der Waals surface area (Å²) in [5, 5.41) is 4.08. The van der Waals surface area contributed by atoms with Crippen LogP contribution in [0.1, 0.15) is 66.3 Å². The summed E-state index contributed by atoms with van der Waals surface area (Å²) in [6, 6.07) is 5.29. The first-order valence-electron chi connectivity index (χ1n) is 7.98. The van der Waals surface area contributed by atoms with Crippen LogP contribution < -0.4 is 5.73 Å². The van der Waals surface area contributed by atoms with Crippen LogP contribution in [0.5, 0.6) is 0 Å².